The number of hydrogen-bond donors (Lipinski definition) is 0. The number of benzene rings is 1. The number of amides is 2. The molecule has 2 amide bonds. The van der Waals surface area contributed by atoms with Gasteiger partial charge >= 0.3 is 0 Å². The lowest BCUT2D eigenvalue weighted by Crippen LogP contribution is -2.28. The maximum Gasteiger partial charge on any atom is 0.293 e. The first kappa shape index (κ1) is 20.1. The Kier molecular flexibility index (Phi) is 7.18. The van der Waals surface area contributed by atoms with Crippen molar-refractivity contribution in [3.05, 3.63) is 26.2 Å². The summed E-state index contributed by atoms with van der Waals surface area (Å²) < 4.78 is 12.3. The number of thioether (sulfide) groups is 1. The topological polar surface area (TPSA) is 55.8 Å². The third kappa shape index (κ3) is 4.69. The Morgan fingerprint density at radius 1 is 1.32 bits per heavy atom. The van der Waals surface area contributed by atoms with Gasteiger partial charge in [0.1, 0.15) is 0 Å². The second-order valence-electron chi connectivity index (χ2n) is 5.70. The van der Waals surface area contributed by atoms with E-state index in [-0.39, 0.29) is 17.3 Å². The molecule has 0 spiro atoms. The van der Waals surface area contributed by atoms with E-state index in [0.29, 0.717) is 22.9 Å². The Labute approximate surface area is 166 Å². The smallest absolute Gasteiger partial charge is 0.293 e. The zero-order chi connectivity index (χ0) is 18.6. The van der Waals surface area contributed by atoms with E-state index in [1.807, 2.05) is 26.0 Å². The van der Waals surface area contributed by atoms with Gasteiger partial charge in [-0.1, -0.05) is 13.8 Å². The van der Waals surface area contributed by atoms with Crippen molar-refractivity contribution in [3.8, 4) is 11.5 Å². The van der Waals surface area contributed by atoms with Crippen LogP contribution in [0.25, 0.3) is 6.08 Å². The van der Waals surface area contributed by atoms with Crippen LogP contribution >= 0.6 is 34.4 Å². The summed E-state index contributed by atoms with van der Waals surface area (Å²) in [6.07, 6.45) is 3.46. The zero-order valence-corrected chi connectivity index (χ0v) is 17.8. The molecule has 2 rings (SSSR count). The van der Waals surface area contributed by atoms with Gasteiger partial charge in [-0.05, 0) is 77.9 Å². The van der Waals surface area contributed by atoms with Gasteiger partial charge in [0.25, 0.3) is 11.1 Å². The molecule has 1 aliphatic rings. The fraction of sp³-hybridized carbons (Fsp3) is 0.444. The van der Waals surface area contributed by atoms with Crippen molar-refractivity contribution in [2.24, 2.45) is 0 Å². The summed E-state index contributed by atoms with van der Waals surface area (Å²) in [4.78, 5) is 26.0. The van der Waals surface area contributed by atoms with Crippen LogP contribution in [0.3, 0.4) is 0 Å². The molecule has 1 aromatic rings. The minimum absolute atomic E-state index is 0.0822. The Hall–Kier alpha value is -1.22. The summed E-state index contributed by atoms with van der Waals surface area (Å²) in [5.74, 6) is 1.09. The number of carbonyl (C=O) groups excluding carboxylic acids is 2. The van der Waals surface area contributed by atoms with Crippen LogP contribution in [-0.4, -0.2) is 35.8 Å². The number of ether oxygens (including phenoxy) is 2. The maximum absolute atomic E-state index is 12.4. The van der Waals surface area contributed by atoms with Crippen molar-refractivity contribution >= 4 is 51.6 Å². The number of rotatable bonds is 7. The Morgan fingerprint density at radius 2 is 2.04 bits per heavy atom. The third-order valence-electron chi connectivity index (χ3n) is 3.76. The standard InChI is InChI=1S/C18H22INO4S/c1-5-7-20-17(21)15(25-18(20)22)10-12-8-13(19)16(14(9-12)23-4)24-11(3)6-2/h8-11H,5-7H2,1-4H3/b15-10+/t11-/m1/s1. The van der Waals surface area contributed by atoms with Gasteiger partial charge in [-0.2, -0.15) is 0 Å². The number of hydrogen-bond acceptors (Lipinski definition) is 5. The average molecular weight is 475 g/mol. The van der Waals surface area contributed by atoms with Crippen molar-refractivity contribution in [1.29, 1.82) is 0 Å². The third-order valence-corrected chi connectivity index (χ3v) is 5.47. The largest absolute Gasteiger partial charge is 0.493 e. The molecule has 25 heavy (non-hydrogen) atoms. The average Bonchev–Trinajstić information content (AvgIpc) is 2.84. The molecule has 0 unspecified atom stereocenters. The Balaban J connectivity index is 2.33. The van der Waals surface area contributed by atoms with Crippen LogP contribution in [0.4, 0.5) is 4.79 Å². The summed E-state index contributed by atoms with van der Waals surface area (Å²) in [5, 5.41) is -0.212. The fourth-order valence-electron chi connectivity index (χ4n) is 2.29. The van der Waals surface area contributed by atoms with Gasteiger partial charge < -0.3 is 9.47 Å². The number of carbonyl (C=O) groups is 2. The highest BCUT2D eigenvalue weighted by molar-refractivity contribution is 14.1. The highest BCUT2D eigenvalue weighted by atomic mass is 127. The lowest BCUT2D eigenvalue weighted by atomic mass is 10.1. The molecule has 0 bridgehead atoms. The molecular weight excluding hydrogens is 453 g/mol. The van der Waals surface area contributed by atoms with Crippen molar-refractivity contribution in [2.45, 2.75) is 39.7 Å². The van der Waals surface area contributed by atoms with Gasteiger partial charge in [0.2, 0.25) is 0 Å². The molecule has 0 N–H and O–H groups in total. The molecule has 7 heteroatoms. The minimum atomic E-state index is -0.231. The molecule has 0 aliphatic carbocycles. The van der Waals surface area contributed by atoms with E-state index in [2.05, 4.69) is 29.5 Å². The normalized spacial score (nSPS) is 17.3. The van der Waals surface area contributed by atoms with Gasteiger partial charge in [-0.3, -0.25) is 14.5 Å². The molecule has 1 aromatic carbocycles. The molecule has 0 saturated carbocycles. The molecule has 1 atom stereocenters. The number of nitrogens with zero attached hydrogens (tertiary/aromatic N) is 1. The van der Waals surface area contributed by atoms with Crippen LogP contribution in [0.2, 0.25) is 0 Å². The van der Waals surface area contributed by atoms with Crippen molar-refractivity contribution in [3.63, 3.8) is 0 Å². The van der Waals surface area contributed by atoms with Crippen LogP contribution in [-0.2, 0) is 4.79 Å². The van der Waals surface area contributed by atoms with E-state index in [4.69, 9.17) is 9.47 Å². The highest BCUT2D eigenvalue weighted by Gasteiger charge is 2.34. The second kappa shape index (κ2) is 8.93. The summed E-state index contributed by atoms with van der Waals surface area (Å²) >= 11 is 3.17. The van der Waals surface area contributed by atoms with Crippen LogP contribution in [0.15, 0.2) is 17.0 Å². The fourth-order valence-corrected chi connectivity index (χ4v) is 3.91. The number of imide groups is 1. The van der Waals surface area contributed by atoms with Crippen LogP contribution in [0.5, 0.6) is 11.5 Å². The summed E-state index contributed by atoms with van der Waals surface area (Å²) in [5.41, 5.74) is 0.805. The van der Waals surface area contributed by atoms with Gasteiger partial charge in [0.15, 0.2) is 11.5 Å². The molecular formula is C18H22INO4S. The quantitative estimate of drug-likeness (QED) is 0.414. The van der Waals surface area contributed by atoms with E-state index in [0.717, 1.165) is 33.7 Å². The van der Waals surface area contributed by atoms with Crippen LogP contribution in [0.1, 0.15) is 39.2 Å². The first-order valence-electron chi connectivity index (χ1n) is 8.20. The van der Waals surface area contributed by atoms with Crippen molar-refractivity contribution in [2.75, 3.05) is 13.7 Å². The molecule has 1 aliphatic heterocycles. The molecule has 0 aromatic heterocycles. The number of halogens is 1. The maximum atomic E-state index is 12.4. The van der Waals surface area contributed by atoms with Crippen molar-refractivity contribution in [1.82, 2.24) is 4.90 Å². The van der Waals surface area contributed by atoms with Crippen molar-refractivity contribution < 1.29 is 19.1 Å². The minimum Gasteiger partial charge on any atom is -0.493 e. The molecule has 1 fully saturated rings. The Bertz CT molecular complexity index is 705. The van der Waals surface area contributed by atoms with E-state index < -0.39 is 0 Å². The molecule has 5 nitrogen and oxygen atoms in total. The second-order valence-corrected chi connectivity index (χ2v) is 7.86. The highest BCUT2D eigenvalue weighted by Crippen LogP contribution is 2.37. The Morgan fingerprint density at radius 3 is 2.64 bits per heavy atom. The molecule has 0 radical (unpaired) electrons. The monoisotopic (exact) mass is 475 g/mol. The van der Waals surface area contributed by atoms with Crippen LogP contribution in [0, 0.1) is 3.57 Å². The molecule has 136 valence electrons. The van der Waals surface area contributed by atoms with Gasteiger partial charge in [0.05, 0.1) is 21.7 Å². The van der Waals surface area contributed by atoms with E-state index in [1.165, 1.54) is 4.90 Å². The molecule has 1 heterocycles. The van der Waals surface area contributed by atoms with Gasteiger partial charge in [0, 0.05) is 6.54 Å². The lowest BCUT2D eigenvalue weighted by Gasteiger charge is -2.17. The van der Waals surface area contributed by atoms with E-state index >= 15 is 0 Å². The molecule has 1 saturated heterocycles. The predicted octanol–water partition coefficient (Wildman–Crippen LogP) is 4.92. The summed E-state index contributed by atoms with van der Waals surface area (Å²) in [7, 11) is 1.59. The van der Waals surface area contributed by atoms with E-state index in [1.54, 1.807) is 13.2 Å². The summed E-state index contributed by atoms with van der Waals surface area (Å²) in [6, 6.07) is 3.75. The van der Waals surface area contributed by atoms with Gasteiger partial charge in [-0.25, -0.2) is 0 Å². The van der Waals surface area contributed by atoms with E-state index in [9.17, 15) is 9.59 Å². The predicted molar refractivity (Wildman–Crippen MR) is 109 cm³/mol. The lowest BCUT2D eigenvalue weighted by molar-refractivity contribution is -0.122. The number of methoxy groups -OCH3 is 1. The SMILES string of the molecule is CCCN1C(=O)S/C(=C/c2cc(I)c(O[C@H](C)CC)c(OC)c2)C1=O. The first-order chi connectivity index (χ1) is 11.9. The first-order valence-corrected chi connectivity index (χ1v) is 10.1. The van der Waals surface area contributed by atoms with Gasteiger partial charge in [-0.15, -0.1) is 0 Å². The van der Waals surface area contributed by atoms with Crippen LogP contribution < -0.4 is 9.47 Å². The zero-order valence-electron chi connectivity index (χ0n) is 14.8. The summed E-state index contributed by atoms with van der Waals surface area (Å²) in [6.45, 7) is 6.46.